The summed E-state index contributed by atoms with van der Waals surface area (Å²) in [4.78, 5) is 0.0597. The monoisotopic (exact) mass is 635 g/mol. The maximum Gasteiger partial charge on any atom is 3.00 e. The van der Waals surface area contributed by atoms with Crippen LogP contribution in [0.1, 0.15) is 34.3 Å². The zero-order valence-corrected chi connectivity index (χ0v) is 24.6. The summed E-state index contributed by atoms with van der Waals surface area (Å²) in [5.41, 5.74) is 2.89. The fourth-order valence-electron chi connectivity index (χ4n) is 3.74. The third-order valence-corrected chi connectivity index (χ3v) is 8.47. The molecule has 0 saturated carbocycles. The van der Waals surface area contributed by atoms with Crippen molar-refractivity contribution in [3.8, 4) is 0 Å². The van der Waals surface area contributed by atoms with Gasteiger partial charge in [-0.2, -0.15) is 0 Å². The molecule has 2 atom stereocenters. The van der Waals surface area contributed by atoms with Crippen LogP contribution in [-0.2, 0) is 39.5 Å². The average Bonchev–Trinajstić information content (AvgIpc) is 2.88. The van der Waals surface area contributed by atoms with Gasteiger partial charge in [0.25, 0.3) is 0 Å². The summed E-state index contributed by atoms with van der Waals surface area (Å²) in [5.74, 6) is 0. The number of hydrogen-bond donors (Lipinski definition) is 0. The Morgan fingerprint density at radius 3 is 1.08 bits per heavy atom. The smallest absolute Gasteiger partial charge is 0.539 e. The van der Waals surface area contributed by atoms with E-state index in [2.05, 4.69) is 9.44 Å². The van der Waals surface area contributed by atoms with Crippen LogP contribution < -0.4 is 0 Å². The topological polar surface area (TPSA) is 96.5 Å². The van der Waals surface area contributed by atoms with Crippen LogP contribution in [0.15, 0.2) is 119 Å². The average molecular weight is 635 g/mol. The van der Waals surface area contributed by atoms with Crippen molar-refractivity contribution in [1.82, 2.24) is 0 Å². The van der Waals surface area contributed by atoms with Gasteiger partial charge in [0, 0.05) is 9.79 Å². The fraction of sp³-hybridized carbons (Fsp3) is 0.138. The third-order valence-electron chi connectivity index (χ3n) is 5.72. The SMILES string of the molecule is Cc1ccc(S(=O)(=O)[N-][C@@H](c2ccccc2)[C@@H]([N-]S(=O)(=O)c2ccc(C)cc2)c2ccccc2)cc1.[CH3-].[Ru+3]. The van der Waals surface area contributed by atoms with Crippen molar-refractivity contribution in [1.29, 1.82) is 0 Å². The molecule has 0 aliphatic rings. The zero-order valence-electron chi connectivity index (χ0n) is 21.2. The molecule has 199 valence electrons. The van der Waals surface area contributed by atoms with Crippen molar-refractivity contribution in [2.24, 2.45) is 0 Å². The molecule has 0 spiro atoms. The van der Waals surface area contributed by atoms with Gasteiger partial charge >= 0.3 is 19.5 Å². The van der Waals surface area contributed by atoms with E-state index in [1.165, 1.54) is 24.3 Å². The first-order chi connectivity index (χ1) is 17.2. The normalized spacial score (nSPS) is 13.0. The first kappa shape index (κ1) is 31.5. The molecule has 0 saturated heterocycles. The van der Waals surface area contributed by atoms with Gasteiger partial charge in [0.2, 0.25) is 0 Å². The van der Waals surface area contributed by atoms with E-state index in [0.717, 1.165) is 11.1 Å². The largest absolute Gasteiger partial charge is 3.00 e. The molecular formula is C29H29N2O4RuS2. The predicted molar refractivity (Wildman–Crippen MR) is 148 cm³/mol. The number of aryl methyl sites for hydroxylation is 2. The standard InChI is InChI=1S/C28H26N2O4S2.CH3.Ru/c1-21-13-17-25(18-14-21)35(31,32)29-27(23-9-5-3-6-10-23)28(24-11-7-4-8-12-24)30-36(33,34)26-19-15-22(2)16-20-26;;/h3-20,27-28H,1-2H3;1H3;/q-2;-1;+3/t27-,28-;;/m0../s1. The summed E-state index contributed by atoms with van der Waals surface area (Å²) in [6.45, 7) is 3.72. The van der Waals surface area contributed by atoms with Crippen LogP contribution in [0.3, 0.4) is 0 Å². The van der Waals surface area contributed by atoms with E-state index in [1.807, 2.05) is 13.8 Å². The molecule has 0 fully saturated rings. The number of hydrogen-bond acceptors (Lipinski definition) is 4. The van der Waals surface area contributed by atoms with Crippen LogP contribution in [0, 0.1) is 21.3 Å². The summed E-state index contributed by atoms with van der Waals surface area (Å²) in [6, 6.07) is 28.1. The van der Waals surface area contributed by atoms with E-state index in [9.17, 15) is 16.8 Å². The van der Waals surface area contributed by atoms with Crippen molar-refractivity contribution in [3.05, 3.63) is 148 Å². The molecular weight excluding hydrogens is 606 g/mol. The first-order valence-electron chi connectivity index (χ1n) is 11.3. The van der Waals surface area contributed by atoms with Crippen molar-refractivity contribution in [2.45, 2.75) is 35.7 Å². The van der Waals surface area contributed by atoms with Crippen molar-refractivity contribution in [2.75, 3.05) is 0 Å². The van der Waals surface area contributed by atoms with Crippen LogP contribution in [0.5, 0.6) is 0 Å². The van der Waals surface area contributed by atoms with Crippen molar-refractivity contribution < 1.29 is 36.3 Å². The minimum Gasteiger partial charge on any atom is -0.539 e. The first-order valence-corrected chi connectivity index (χ1v) is 14.2. The van der Waals surface area contributed by atoms with Crippen molar-refractivity contribution in [3.63, 3.8) is 0 Å². The van der Waals surface area contributed by atoms with E-state index in [1.54, 1.807) is 84.9 Å². The van der Waals surface area contributed by atoms with Gasteiger partial charge in [0.05, 0.1) is 0 Å². The second-order valence-electron chi connectivity index (χ2n) is 8.50. The molecule has 0 heterocycles. The molecule has 4 aromatic carbocycles. The Morgan fingerprint density at radius 2 is 0.789 bits per heavy atom. The van der Waals surface area contributed by atoms with Gasteiger partial charge in [0.1, 0.15) is 20.0 Å². The quantitative estimate of drug-likeness (QED) is 0.146. The molecule has 0 aromatic heterocycles. The van der Waals surface area contributed by atoms with Gasteiger partial charge in [-0.25, -0.2) is 16.8 Å². The summed E-state index contributed by atoms with van der Waals surface area (Å²) in [6.07, 6.45) is 0. The number of benzene rings is 4. The Balaban J connectivity index is 0.00000253. The van der Waals surface area contributed by atoms with Crippen LogP contribution in [-0.4, -0.2) is 16.8 Å². The molecule has 0 unspecified atom stereocenters. The molecule has 4 rings (SSSR count). The van der Waals surface area contributed by atoms with Crippen LogP contribution >= 0.6 is 0 Å². The zero-order chi connectivity index (χ0) is 25.8. The number of nitrogens with zero attached hydrogens (tertiary/aromatic N) is 2. The molecule has 0 aliphatic carbocycles. The summed E-state index contributed by atoms with van der Waals surface area (Å²) in [7, 11) is -8.27. The van der Waals surface area contributed by atoms with Crippen LogP contribution in [0.2, 0.25) is 0 Å². The maximum absolute atomic E-state index is 13.4. The van der Waals surface area contributed by atoms with Gasteiger partial charge in [-0.05, 0) is 38.1 Å². The fourth-order valence-corrected chi connectivity index (χ4v) is 6.02. The summed E-state index contributed by atoms with van der Waals surface area (Å²) < 4.78 is 62.0. The molecule has 0 amide bonds. The Labute approximate surface area is 239 Å². The minimum atomic E-state index is -4.13. The van der Waals surface area contributed by atoms with E-state index < -0.39 is 32.1 Å². The molecule has 1 radical (unpaired) electrons. The molecule has 0 N–H and O–H groups in total. The van der Waals surface area contributed by atoms with Crippen LogP contribution in [0.4, 0.5) is 0 Å². The third kappa shape index (κ3) is 7.68. The second-order valence-corrected chi connectivity index (χ2v) is 11.8. The molecule has 38 heavy (non-hydrogen) atoms. The Hall–Kier alpha value is -2.68. The molecule has 4 aromatic rings. The molecule has 6 nitrogen and oxygen atoms in total. The maximum atomic E-state index is 13.4. The summed E-state index contributed by atoms with van der Waals surface area (Å²) >= 11 is 0. The molecule has 9 heteroatoms. The van der Waals surface area contributed by atoms with Crippen LogP contribution in [0.25, 0.3) is 9.44 Å². The van der Waals surface area contributed by atoms with E-state index >= 15 is 0 Å². The van der Waals surface area contributed by atoms with E-state index in [-0.39, 0.29) is 36.7 Å². The van der Waals surface area contributed by atoms with E-state index in [0.29, 0.717) is 11.1 Å². The van der Waals surface area contributed by atoms with Gasteiger partial charge in [-0.15, -0.1) is 12.1 Å². The van der Waals surface area contributed by atoms with E-state index in [4.69, 9.17) is 0 Å². The van der Waals surface area contributed by atoms with Gasteiger partial charge in [-0.3, -0.25) is 0 Å². The molecule has 0 bridgehead atoms. The number of rotatable bonds is 9. The van der Waals surface area contributed by atoms with Crippen molar-refractivity contribution >= 4 is 20.0 Å². The molecule has 0 aliphatic heterocycles. The summed E-state index contributed by atoms with van der Waals surface area (Å²) in [5, 5.41) is 0. The number of sulfonamides is 2. The minimum absolute atomic E-state index is 0. The van der Waals surface area contributed by atoms with Gasteiger partial charge < -0.3 is 16.9 Å². The Kier molecular flexibility index (Phi) is 11.1. The Morgan fingerprint density at radius 1 is 0.500 bits per heavy atom. The Bertz CT molecular complexity index is 1390. The van der Waals surface area contributed by atoms with Gasteiger partial charge in [0.15, 0.2) is 0 Å². The predicted octanol–water partition coefficient (Wildman–Crippen LogP) is 7.06. The second kappa shape index (κ2) is 13.4. The van der Waals surface area contributed by atoms with Gasteiger partial charge in [-0.1, -0.05) is 107 Å².